The number of halogens is 1. The Kier molecular flexibility index (Phi) is 9.31. The van der Waals surface area contributed by atoms with E-state index in [1.165, 1.54) is 43.4 Å². The molecule has 0 aliphatic heterocycles. The molecule has 31 heavy (non-hydrogen) atoms. The Morgan fingerprint density at radius 3 is 2.77 bits per heavy atom. The third-order valence-corrected chi connectivity index (χ3v) is 6.06. The van der Waals surface area contributed by atoms with Crippen molar-refractivity contribution in [2.45, 2.75) is 51.9 Å². The molecule has 2 aromatic heterocycles. The zero-order valence-corrected chi connectivity index (χ0v) is 19.3. The topological polar surface area (TPSA) is 64.1 Å². The van der Waals surface area contributed by atoms with Crippen LogP contribution in [-0.2, 0) is 11.2 Å². The smallest absolute Gasteiger partial charge is 0.189 e. The average molecular weight is 458 g/mol. The van der Waals surface area contributed by atoms with Gasteiger partial charge in [0.25, 0.3) is 0 Å². The molecule has 1 N–H and O–H groups in total. The SMILES string of the molecule is CCCCCCCCOc1ccc(Nc2nc(-c3cccnc3)c(Cl)s2)cc1CC=O. The Morgan fingerprint density at radius 1 is 1.16 bits per heavy atom. The van der Waals surface area contributed by atoms with Crippen LogP contribution in [0.3, 0.4) is 0 Å². The molecular formula is C24H28ClN3O2S. The average Bonchev–Trinajstić information content (AvgIpc) is 3.15. The summed E-state index contributed by atoms with van der Waals surface area (Å²) in [7, 11) is 0. The van der Waals surface area contributed by atoms with Crippen molar-refractivity contribution >= 4 is 40.0 Å². The van der Waals surface area contributed by atoms with Crippen LogP contribution in [0, 0.1) is 0 Å². The highest BCUT2D eigenvalue weighted by molar-refractivity contribution is 7.20. The first-order valence-corrected chi connectivity index (χ1v) is 11.9. The second kappa shape index (κ2) is 12.4. The molecule has 0 amide bonds. The van der Waals surface area contributed by atoms with Crippen molar-refractivity contribution in [2.24, 2.45) is 0 Å². The zero-order valence-electron chi connectivity index (χ0n) is 17.8. The normalized spacial score (nSPS) is 10.8. The quantitative estimate of drug-likeness (QED) is 0.219. The molecule has 0 fully saturated rings. The fourth-order valence-corrected chi connectivity index (χ4v) is 4.38. The number of benzene rings is 1. The number of hydrogen-bond acceptors (Lipinski definition) is 6. The van der Waals surface area contributed by atoms with Gasteiger partial charge in [0.15, 0.2) is 5.13 Å². The molecule has 0 saturated heterocycles. The summed E-state index contributed by atoms with van der Waals surface area (Å²) >= 11 is 7.75. The lowest BCUT2D eigenvalue weighted by Crippen LogP contribution is -2.02. The number of aldehydes is 1. The van der Waals surface area contributed by atoms with Crippen LogP contribution in [0.5, 0.6) is 5.75 Å². The molecule has 0 unspecified atom stereocenters. The molecule has 7 heteroatoms. The molecule has 2 heterocycles. The fourth-order valence-electron chi connectivity index (χ4n) is 3.27. The Balaban J connectivity index is 1.62. The summed E-state index contributed by atoms with van der Waals surface area (Å²) < 4.78 is 6.55. The van der Waals surface area contributed by atoms with Gasteiger partial charge in [0.1, 0.15) is 22.1 Å². The highest BCUT2D eigenvalue weighted by Crippen LogP contribution is 2.36. The number of carbonyl (C=O) groups is 1. The largest absolute Gasteiger partial charge is 0.493 e. The number of carbonyl (C=O) groups excluding carboxylic acids is 1. The van der Waals surface area contributed by atoms with E-state index < -0.39 is 0 Å². The second-order valence-electron chi connectivity index (χ2n) is 7.32. The van der Waals surface area contributed by atoms with Crippen molar-refractivity contribution in [2.75, 3.05) is 11.9 Å². The molecule has 0 atom stereocenters. The van der Waals surface area contributed by atoms with E-state index in [2.05, 4.69) is 22.2 Å². The number of thiazole rings is 1. The minimum Gasteiger partial charge on any atom is -0.493 e. The van der Waals surface area contributed by atoms with Crippen molar-refractivity contribution < 1.29 is 9.53 Å². The van der Waals surface area contributed by atoms with Crippen LogP contribution in [0.25, 0.3) is 11.3 Å². The van der Waals surface area contributed by atoms with Gasteiger partial charge in [-0.25, -0.2) is 4.98 Å². The molecule has 164 valence electrons. The predicted molar refractivity (Wildman–Crippen MR) is 129 cm³/mol. The number of unbranched alkanes of at least 4 members (excludes halogenated alkanes) is 5. The molecule has 0 saturated carbocycles. The van der Waals surface area contributed by atoms with E-state index in [0.29, 0.717) is 28.2 Å². The van der Waals surface area contributed by atoms with E-state index in [0.717, 1.165) is 35.3 Å². The van der Waals surface area contributed by atoms with Crippen molar-refractivity contribution in [1.82, 2.24) is 9.97 Å². The van der Waals surface area contributed by atoms with Crippen molar-refractivity contribution in [3.63, 3.8) is 0 Å². The fraction of sp³-hybridized carbons (Fsp3) is 0.375. The maximum Gasteiger partial charge on any atom is 0.189 e. The lowest BCUT2D eigenvalue weighted by Gasteiger charge is -2.12. The minimum atomic E-state index is 0.306. The molecule has 0 aliphatic rings. The van der Waals surface area contributed by atoms with E-state index in [9.17, 15) is 4.79 Å². The van der Waals surface area contributed by atoms with E-state index in [1.807, 2.05) is 30.3 Å². The maximum atomic E-state index is 11.2. The third kappa shape index (κ3) is 7.04. The number of anilines is 2. The monoisotopic (exact) mass is 457 g/mol. The lowest BCUT2D eigenvalue weighted by molar-refractivity contribution is -0.107. The van der Waals surface area contributed by atoms with Gasteiger partial charge in [0.2, 0.25) is 0 Å². The molecule has 0 aliphatic carbocycles. The van der Waals surface area contributed by atoms with Gasteiger partial charge in [-0.3, -0.25) is 4.98 Å². The van der Waals surface area contributed by atoms with Crippen molar-refractivity contribution in [1.29, 1.82) is 0 Å². The Morgan fingerprint density at radius 2 is 2.00 bits per heavy atom. The van der Waals surface area contributed by atoms with Gasteiger partial charge < -0.3 is 14.8 Å². The minimum absolute atomic E-state index is 0.306. The predicted octanol–water partition coefficient (Wildman–Crippen LogP) is 7.08. The number of aromatic nitrogens is 2. The van der Waals surface area contributed by atoms with Crippen LogP contribution in [0.2, 0.25) is 4.34 Å². The highest BCUT2D eigenvalue weighted by Gasteiger charge is 2.13. The van der Waals surface area contributed by atoms with Crippen LogP contribution in [0.1, 0.15) is 51.0 Å². The number of nitrogens with zero attached hydrogens (tertiary/aromatic N) is 2. The first-order chi connectivity index (χ1) is 15.2. The molecule has 0 spiro atoms. The highest BCUT2D eigenvalue weighted by atomic mass is 35.5. The Labute approximate surface area is 192 Å². The first-order valence-electron chi connectivity index (χ1n) is 10.7. The summed E-state index contributed by atoms with van der Waals surface area (Å²) in [5.74, 6) is 0.763. The third-order valence-electron chi connectivity index (χ3n) is 4.89. The standard InChI is InChI=1S/C24H28ClN3O2S/c1-2-3-4-5-6-7-15-30-21-11-10-20(16-18(21)12-14-29)27-24-28-22(23(25)31-24)19-9-8-13-26-17-19/h8-11,13-14,16-17H,2-7,12,15H2,1H3,(H,27,28). The van der Waals surface area contributed by atoms with Crippen molar-refractivity contribution in [3.05, 3.63) is 52.6 Å². The molecule has 0 radical (unpaired) electrons. The van der Waals surface area contributed by atoms with Gasteiger partial charge in [0, 0.05) is 35.6 Å². The van der Waals surface area contributed by atoms with Gasteiger partial charge in [-0.15, -0.1) is 0 Å². The number of pyridine rings is 1. The van der Waals surface area contributed by atoms with E-state index in [1.54, 1.807) is 12.4 Å². The summed E-state index contributed by atoms with van der Waals surface area (Å²) in [6.45, 7) is 2.89. The Hall–Kier alpha value is -2.44. The summed E-state index contributed by atoms with van der Waals surface area (Å²) in [5, 5.41) is 3.97. The van der Waals surface area contributed by atoms with Crippen LogP contribution in [0.4, 0.5) is 10.8 Å². The number of nitrogens with one attached hydrogen (secondary N) is 1. The van der Waals surface area contributed by atoms with Gasteiger partial charge >= 0.3 is 0 Å². The second-order valence-corrected chi connectivity index (χ2v) is 8.92. The van der Waals surface area contributed by atoms with E-state index in [-0.39, 0.29) is 0 Å². The number of ether oxygens (including phenoxy) is 1. The molecule has 1 aromatic carbocycles. The molecule has 5 nitrogen and oxygen atoms in total. The first kappa shape index (κ1) is 23.2. The van der Waals surface area contributed by atoms with E-state index >= 15 is 0 Å². The molecular weight excluding hydrogens is 430 g/mol. The molecule has 3 rings (SSSR count). The molecule has 3 aromatic rings. The van der Waals surface area contributed by atoms with Gasteiger partial charge in [-0.05, 0) is 36.8 Å². The van der Waals surface area contributed by atoms with Gasteiger partial charge in [-0.1, -0.05) is 62.0 Å². The molecule has 0 bridgehead atoms. The van der Waals surface area contributed by atoms with Gasteiger partial charge in [0.05, 0.1) is 6.61 Å². The summed E-state index contributed by atoms with van der Waals surface area (Å²) in [5.41, 5.74) is 3.28. The van der Waals surface area contributed by atoms with Crippen LogP contribution in [-0.4, -0.2) is 22.9 Å². The zero-order chi connectivity index (χ0) is 21.9. The Bertz CT molecular complexity index is 963. The van der Waals surface area contributed by atoms with Crippen LogP contribution < -0.4 is 10.1 Å². The van der Waals surface area contributed by atoms with Crippen LogP contribution >= 0.6 is 22.9 Å². The maximum absolute atomic E-state index is 11.2. The van der Waals surface area contributed by atoms with E-state index in [4.69, 9.17) is 16.3 Å². The van der Waals surface area contributed by atoms with Crippen molar-refractivity contribution in [3.8, 4) is 17.0 Å². The summed E-state index contributed by atoms with van der Waals surface area (Å²) in [6.07, 6.45) is 12.0. The lowest BCUT2D eigenvalue weighted by atomic mass is 10.1. The number of rotatable bonds is 13. The van der Waals surface area contributed by atoms with Gasteiger partial charge in [-0.2, -0.15) is 0 Å². The summed E-state index contributed by atoms with van der Waals surface area (Å²) in [4.78, 5) is 19.9. The number of hydrogen-bond donors (Lipinski definition) is 1. The van der Waals surface area contributed by atoms with Crippen LogP contribution in [0.15, 0.2) is 42.7 Å². The summed E-state index contributed by atoms with van der Waals surface area (Å²) in [6, 6.07) is 9.56.